The fourth-order valence-electron chi connectivity index (χ4n) is 3.63. The van der Waals surface area contributed by atoms with E-state index in [9.17, 15) is 9.59 Å². The highest BCUT2D eigenvalue weighted by Crippen LogP contribution is 2.34. The van der Waals surface area contributed by atoms with Crippen LogP contribution < -0.4 is 10.6 Å². The predicted molar refractivity (Wildman–Crippen MR) is 124 cm³/mol. The smallest absolute Gasteiger partial charge is 0.319 e. The normalized spacial score (nSPS) is 11.7. The number of carbonyl (C=O) groups excluding carboxylic acids is 2. The summed E-state index contributed by atoms with van der Waals surface area (Å²) in [5, 5.41) is 6.78. The molecule has 162 valence electrons. The molecule has 0 bridgehead atoms. The lowest BCUT2D eigenvalue weighted by Gasteiger charge is -2.19. The molecule has 2 heterocycles. The highest BCUT2D eigenvalue weighted by molar-refractivity contribution is 6.07. The van der Waals surface area contributed by atoms with E-state index in [-0.39, 0.29) is 19.0 Å². The van der Waals surface area contributed by atoms with Gasteiger partial charge in [-0.3, -0.25) is 9.78 Å². The summed E-state index contributed by atoms with van der Waals surface area (Å²) in [6, 6.07) is 19.9. The molecule has 1 unspecified atom stereocenters. The number of aromatic amines is 1. The SMILES string of the molecule is CCOC(=O)CC(NC(=O)Nc1c(-c2cccnc2)[nH]c2ccccc12)c1ccccc1. The second-order valence-corrected chi connectivity index (χ2v) is 7.23. The highest BCUT2D eigenvalue weighted by atomic mass is 16.5. The van der Waals surface area contributed by atoms with Gasteiger partial charge in [0.2, 0.25) is 0 Å². The third kappa shape index (κ3) is 4.78. The number of fused-ring (bicyclic) bond motifs is 1. The van der Waals surface area contributed by atoms with Gasteiger partial charge in [0, 0.05) is 28.9 Å². The molecule has 0 radical (unpaired) electrons. The lowest BCUT2D eigenvalue weighted by atomic mass is 10.0. The molecule has 32 heavy (non-hydrogen) atoms. The van der Waals surface area contributed by atoms with Crippen LogP contribution in [0, 0.1) is 0 Å². The molecule has 3 N–H and O–H groups in total. The number of amides is 2. The Morgan fingerprint density at radius 3 is 2.56 bits per heavy atom. The number of hydrogen-bond donors (Lipinski definition) is 3. The van der Waals surface area contributed by atoms with Crippen molar-refractivity contribution in [1.82, 2.24) is 15.3 Å². The van der Waals surface area contributed by atoms with Crippen LogP contribution in [0.1, 0.15) is 24.9 Å². The molecule has 2 amide bonds. The molecule has 0 spiro atoms. The number of carbonyl (C=O) groups is 2. The standard InChI is InChI=1S/C25H24N4O3/c1-2-32-22(30)15-21(17-9-4-3-5-10-17)28-25(31)29-24-19-12-6-7-13-20(19)27-23(24)18-11-8-14-26-16-18/h3-14,16,21,27H,2,15H2,1H3,(H2,28,29,31). The minimum absolute atomic E-state index is 0.0363. The number of rotatable bonds is 7. The Morgan fingerprint density at radius 1 is 1.03 bits per heavy atom. The molecule has 0 aliphatic heterocycles. The number of anilines is 1. The van der Waals surface area contributed by atoms with Crippen molar-refractivity contribution in [3.05, 3.63) is 84.7 Å². The Hall–Kier alpha value is -4.13. The van der Waals surface area contributed by atoms with E-state index < -0.39 is 12.1 Å². The van der Waals surface area contributed by atoms with Crippen LogP contribution in [0.3, 0.4) is 0 Å². The van der Waals surface area contributed by atoms with Crippen molar-refractivity contribution in [1.29, 1.82) is 0 Å². The maximum atomic E-state index is 13.1. The second-order valence-electron chi connectivity index (χ2n) is 7.23. The topological polar surface area (TPSA) is 96.1 Å². The number of hydrogen-bond acceptors (Lipinski definition) is 4. The lowest BCUT2D eigenvalue weighted by Crippen LogP contribution is -2.34. The van der Waals surface area contributed by atoms with Gasteiger partial charge in [0.25, 0.3) is 0 Å². The number of esters is 1. The van der Waals surface area contributed by atoms with Crippen LogP contribution in [-0.2, 0) is 9.53 Å². The quantitative estimate of drug-likeness (QED) is 0.359. The van der Waals surface area contributed by atoms with Crippen molar-refractivity contribution in [2.45, 2.75) is 19.4 Å². The van der Waals surface area contributed by atoms with Gasteiger partial charge in [-0.2, -0.15) is 0 Å². The summed E-state index contributed by atoms with van der Waals surface area (Å²) in [6.07, 6.45) is 3.47. The molecule has 0 fully saturated rings. The summed E-state index contributed by atoms with van der Waals surface area (Å²) in [5.74, 6) is -0.371. The van der Waals surface area contributed by atoms with E-state index in [2.05, 4.69) is 20.6 Å². The number of pyridine rings is 1. The highest BCUT2D eigenvalue weighted by Gasteiger charge is 2.21. The zero-order valence-electron chi connectivity index (χ0n) is 17.7. The van der Waals surface area contributed by atoms with E-state index in [1.807, 2.05) is 66.7 Å². The molecule has 7 nitrogen and oxygen atoms in total. The number of para-hydroxylation sites is 1. The van der Waals surface area contributed by atoms with E-state index in [1.165, 1.54) is 0 Å². The van der Waals surface area contributed by atoms with E-state index in [1.54, 1.807) is 19.3 Å². The van der Waals surface area contributed by atoms with Crippen molar-refractivity contribution >= 4 is 28.6 Å². The van der Waals surface area contributed by atoms with E-state index in [4.69, 9.17) is 4.74 Å². The minimum Gasteiger partial charge on any atom is -0.466 e. The first kappa shape index (κ1) is 21.1. The van der Waals surface area contributed by atoms with Crippen molar-refractivity contribution in [3.63, 3.8) is 0 Å². The number of aromatic nitrogens is 2. The van der Waals surface area contributed by atoms with Crippen LogP contribution in [0.2, 0.25) is 0 Å². The van der Waals surface area contributed by atoms with Crippen LogP contribution in [0.15, 0.2) is 79.1 Å². The first-order chi connectivity index (χ1) is 15.7. The molecule has 7 heteroatoms. The molecule has 0 saturated carbocycles. The van der Waals surface area contributed by atoms with Crippen molar-refractivity contribution in [3.8, 4) is 11.3 Å². The molecule has 2 aromatic heterocycles. The van der Waals surface area contributed by atoms with Gasteiger partial charge in [-0.15, -0.1) is 0 Å². The number of nitrogens with one attached hydrogen (secondary N) is 3. The zero-order valence-corrected chi connectivity index (χ0v) is 17.7. The molecule has 4 rings (SSSR count). The summed E-state index contributed by atoms with van der Waals surface area (Å²) in [6.45, 7) is 2.04. The first-order valence-electron chi connectivity index (χ1n) is 10.4. The summed E-state index contributed by atoms with van der Waals surface area (Å²) < 4.78 is 5.09. The summed E-state index contributed by atoms with van der Waals surface area (Å²) in [7, 11) is 0. The Kier molecular flexibility index (Phi) is 6.46. The Balaban J connectivity index is 1.62. The van der Waals surface area contributed by atoms with Crippen LogP contribution in [0.4, 0.5) is 10.5 Å². The Bertz CT molecular complexity index is 1210. The van der Waals surface area contributed by atoms with Crippen molar-refractivity contribution in [2.24, 2.45) is 0 Å². The second kappa shape index (κ2) is 9.78. The third-order valence-electron chi connectivity index (χ3n) is 5.08. The van der Waals surface area contributed by atoms with Gasteiger partial charge in [0.1, 0.15) is 0 Å². The number of benzene rings is 2. The third-order valence-corrected chi connectivity index (χ3v) is 5.08. The van der Waals surface area contributed by atoms with Crippen LogP contribution in [0.5, 0.6) is 0 Å². The molecular weight excluding hydrogens is 404 g/mol. The molecular formula is C25H24N4O3. The molecule has 0 saturated heterocycles. The summed E-state index contributed by atoms with van der Waals surface area (Å²) in [4.78, 5) is 32.7. The largest absolute Gasteiger partial charge is 0.466 e. The fraction of sp³-hybridized carbons (Fsp3) is 0.160. The Labute approximate surface area is 185 Å². The van der Waals surface area contributed by atoms with Gasteiger partial charge in [0.15, 0.2) is 0 Å². The lowest BCUT2D eigenvalue weighted by molar-refractivity contribution is -0.143. The van der Waals surface area contributed by atoms with Crippen LogP contribution in [-0.4, -0.2) is 28.6 Å². The molecule has 1 atom stereocenters. The number of nitrogens with zero attached hydrogens (tertiary/aromatic N) is 1. The maximum absolute atomic E-state index is 13.1. The average Bonchev–Trinajstić information content (AvgIpc) is 3.18. The van der Waals surface area contributed by atoms with Crippen LogP contribution in [0.25, 0.3) is 22.2 Å². The van der Waals surface area contributed by atoms with E-state index in [0.29, 0.717) is 5.69 Å². The average molecular weight is 428 g/mol. The number of urea groups is 1. The van der Waals surface area contributed by atoms with Gasteiger partial charge in [-0.25, -0.2) is 4.79 Å². The summed E-state index contributed by atoms with van der Waals surface area (Å²) >= 11 is 0. The van der Waals surface area contributed by atoms with Gasteiger partial charge >= 0.3 is 12.0 Å². The van der Waals surface area contributed by atoms with Gasteiger partial charge in [-0.05, 0) is 30.7 Å². The van der Waals surface area contributed by atoms with Gasteiger partial charge in [0.05, 0.1) is 30.5 Å². The number of H-pyrrole nitrogens is 1. The van der Waals surface area contributed by atoms with Crippen LogP contribution >= 0.6 is 0 Å². The fourth-order valence-corrected chi connectivity index (χ4v) is 3.63. The molecule has 0 aliphatic carbocycles. The predicted octanol–water partition coefficient (Wildman–Crippen LogP) is 5.05. The summed E-state index contributed by atoms with van der Waals surface area (Å²) in [5.41, 5.74) is 3.98. The molecule has 0 aliphatic rings. The maximum Gasteiger partial charge on any atom is 0.319 e. The molecule has 2 aromatic carbocycles. The first-order valence-corrected chi connectivity index (χ1v) is 10.4. The van der Waals surface area contributed by atoms with Gasteiger partial charge in [-0.1, -0.05) is 48.5 Å². The molecule has 4 aromatic rings. The van der Waals surface area contributed by atoms with E-state index in [0.717, 1.165) is 27.7 Å². The van der Waals surface area contributed by atoms with Crippen molar-refractivity contribution < 1.29 is 14.3 Å². The van der Waals surface area contributed by atoms with E-state index >= 15 is 0 Å². The monoisotopic (exact) mass is 428 g/mol. The van der Waals surface area contributed by atoms with Gasteiger partial charge < -0.3 is 20.4 Å². The zero-order chi connectivity index (χ0) is 22.3. The Morgan fingerprint density at radius 2 is 1.81 bits per heavy atom. The number of ether oxygens (including phenoxy) is 1. The van der Waals surface area contributed by atoms with Crippen molar-refractivity contribution in [2.75, 3.05) is 11.9 Å². The minimum atomic E-state index is -0.526.